The fourth-order valence-electron chi connectivity index (χ4n) is 8.66. The molecule has 3 rings (SSSR count). The van der Waals surface area contributed by atoms with Crippen molar-refractivity contribution < 1.29 is 38.3 Å². The number of aromatic carboxylic acids is 1. The Morgan fingerprint density at radius 2 is 0.522 bits per heavy atom. The highest BCUT2D eigenvalue weighted by atomic mass is 16.5. The number of carboxylic acid groups (broad SMARTS) is 1. The van der Waals surface area contributed by atoms with Gasteiger partial charge >= 0.3 is 5.97 Å². The average molecular weight is 959 g/mol. The monoisotopic (exact) mass is 959 g/mol. The second-order valence-electron chi connectivity index (χ2n) is 19.5. The summed E-state index contributed by atoms with van der Waals surface area (Å²) in [6, 6.07) is 16.8. The Kier molecular flexibility index (Phi) is 34.9. The summed E-state index contributed by atoms with van der Waals surface area (Å²) in [5.74, 6) is 2.82. The van der Waals surface area contributed by atoms with Gasteiger partial charge in [-0.2, -0.15) is 0 Å². The number of hydrogen-bond donors (Lipinski definition) is 1. The Morgan fingerprint density at radius 1 is 0.304 bits per heavy atom. The van der Waals surface area contributed by atoms with Crippen LogP contribution in [-0.2, 0) is 13.2 Å². The van der Waals surface area contributed by atoms with Crippen LogP contribution in [0.4, 0.5) is 0 Å². The first-order valence-electron chi connectivity index (χ1n) is 28.4. The molecule has 0 atom stereocenters. The van der Waals surface area contributed by atoms with Crippen molar-refractivity contribution in [2.45, 2.75) is 246 Å². The van der Waals surface area contributed by atoms with E-state index >= 15 is 0 Å². The molecular weight excluding hydrogens is 861 g/mol. The molecule has 0 bridgehead atoms. The van der Waals surface area contributed by atoms with E-state index in [0.717, 1.165) is 85.5 Å². The number of benzene rings is 3. The Bertz CT molecular complexity index is 1510. The lowest BCUT2D eigenvalue weighted by Crippen LogP contribution is -2.05. The summed E-state index contributed by atoms with van der Waals surface area (Å²) in [5.41, 5.74) is 1.87. The zero-order valence-electron chi connectivity index (χ0n) is 44.4. The molecule has 0 aliphatic carbocycles. The lowest BCUT2D eigenvalue weighted by molar-refractivity contribution is 0.0695. The van der Waals surface area contributed by atoms with Gasteiger partial charge in [0, 0.05) is 18.2 Å². The molecule has 0 heterocycles. The highest BCUT2D eigenvalue weighted by molar-refractivity contribution is 5.88. The fourth-order valence-corrected chi connectivity index (χ4v) is 8.66. The summed E-state index contributed by atoms with van der Waals surface area (Å²) in [6.45, 7) is 12.1. The second-order valence-corrected chi connectivity index (χ2v) is 19.5. The van der Waals surface area contributed by atoms with Gasteiger partial charge in [0.05, 0.1) is 32.0 Å². The summed E-state index contributed by atoms with van der Waals surface area (Å²) < 4.78 is 37.8. The van der Waals surface area contributed by atoms with Crippen LogP contribution < -0.4 is 28.4 Å². The van der Waals surface area contributed by atoms with Gasteiger partial charge in [0.2, 0.25) is 0 Å². The summed E-state index contributed by atoms with van der Waals surface area (Å²) >= 11 is 0. The molecular formula is C61H98O8. The molecule has 0 unspecified atom stereocenters. The van der Waals surface area contributed by atoms with Crippen LogP contribution >= 0.6 is 0 Å². The molecule has 0 amide bonds. The average Bonchev–Trinajstić information content (AvgIpc) is 3.35. The molecule has 8 nitrogen and oxygen atoms in total. The third kappa shape index (κ3) is 30.3. The third-order valence-corrected chi connectivity index (χ3v) is 12.9. The normalized spacial score (nSPS) is 11.2. The van der Waals surface area contributed by atoms with Gasteiger partial charge in [0.1, 0.15) is 47.7 Å². The molecule has 3 aromatic carbocycles. The first kappa shape index (κ1) is 59.2. The standard InChI is InChI=1S/C61H98O8/c1-5-9-13-17-21-25-29-33-37-64-55-41-52(42-56(47-55)65-38-34-30-26-22-18-14-10-6-2)50-68-59-45-54(61(62)63)46-60(49-59)69-51-53-43-57(66-39-35-31-27-23-19-15-11-7-3)48-58(44-53)67-40-36-32-28-24-20-16-12-8-4/h41-49H,5-40,50-51H2,1-4H3,(H,62,63). The minimum atomic E-state index is -1.05. The number of carboxylic acids is 1. The smallest absolute Gasteiger partial charge is 0.335 e. The number of unbranched alkanes of at least 4 members (excludes halogenated alkanes) is 28. The molecule has 390 valence electrons. The van der Waals surface area contributed by atoms with Gasteiger partial charge in [-0.25, -0.2) is 4.79 Å². The molecule has 0 saturated heterocycles. The molecule has 0 aliphatic rings. The molecule has 8 heteroatoms. The van der Waals surface area contributed by atoms with E-state index in [4.69, 9.17) is 28.4 Å². The fraction of sp³-hybridized carbons (Fsp3) is 0.689. The van der Waals surface area contributed by atoms with Crippen molar-refractivity contribution in [3.63, 3.8) is 0 Å². The van der Waals surface area contributed by atoms with Crippen LogP contribution in [0.2, 0.25) is 0 Å². The molecule has 69 heavy (non-hydrogen) atoms. The number of ether oxygens (including phenoxy) is 6. The van der Waals surface area contributed by atoms with Crippen molar-refractivity contribution in [1.29, 1.82) is 0 Å². The van der Waals surface area contributed by atoms with Crippen LogP contribution in [0.5, 0.6) is 34.5 Å². The Labute approximate surface area is 421 Å². The van der Waals surface area contributed by atoms with Crippen LogP contribution in [0.3, 0.4) is 0 Å². The van der Waals surface area contributed by atoms with Crippen molar-refractivity contribution in [1.82, 2.24) is 0 Å². The maximum atomic E-state index is 12.4. The third-order valence-electron chi connectivity index (χ3n) is 12.9. The van der Waals surface area contributed by atoms with Crippen LogP contribution in [0.1, 0.15) is 255 Å². The van der Waals surface area contributed by atoms with E-state index in [-0.39, 0.29) is 18.8 Å². The maximum absolute atomic E-state index is 12.4. The van der Waals surface area contributed by atoms with Crippen molar-refractivity contribution in [2.75, 3.05) is 26.4 Å². The van der Waals surface area contributed by atoms with E-state index in [2.05, 4.69) is 27.7 Å². The summed E-state index contributed by atoms with van der Waals surface area (Å²) in [4.78, 5) is 12.4. The minimum absolute atomic E-state index is 0.0937. The SMILES string of the molecule is CCCCCCCCCCOc1cc(COc2cc(OCc3cc(OCCCCCCCCCC)cc(OCCCCCCCCCC)c3)cc(C(=O)O)c2)cc(OCCCCCCCCCC)c1. The highest BCUT2D eigenvalue weighted by Crippen LogP contribution is 2.30. The molecule has 1 N–H and O–H groups in total. The maximum Gasteiger partial charge on any atom is 0.335 e. The summed E-state index contributed by atoms with van der Waals surface area (Å²) in [5, 5.41) is 10.1. The van der Waals surface area contributed by atoms with E-state index in [9.17, 15) is 9.90 Å². The van der Waals surface area contributed by atoms with Crippen molar-refractivity contribution in [2.24, 2.45) is 0 Å². The number of hydrogen-bond acceptors (Lipinski definition) is 7. The first-order valence-corrected chi connectivity index (χ1v) is 28.4. The minimum Gasteiger partial charge on any atom is -0.493 e. The van der Waals surface area contributed by atoms with Crippen molar-refractivity contribution in [3.8, 4) is 34.5 Å². The molecule has 0 spiro atoms. The summed E-state index contributed by atoms with van der Waals surface area (Å²) in [6.07, 6.45) is 39.8. The van der Waals surface area contributed by atoms with Gasteiger partial charge in [-0.3, -0.25) is 0 Å². The molecule has 3 aromatic rings. The lowest BCUT2D eigenvalue weighted by atomic mass is 10.1. The largest absolute Gasteiger partial charge is 0.493 e. The zero-order chi connectivity index (χ0) is 49.3. The van der Waals surface area contributed by atoms with Crippen LogP contribution in [-0.4, -0.2) is 37.5 Å². The van der Waals surface area contributed by atoms with Crippen LogP contribution in [0, 0.1) is 0 Å². The summed E-state index contributed by atoms with van der Waals surface area (Å²) in [7, 11) is 0. The van der Waals surface area contributed by atoms with E-state index < -0.39 is 5.97 Å². The number of rotatable bonds is 47. The van der Waals surface area contributed by atoms with Crippen molar-refractivity contribution >= 4 is 5.97 Å². The molecule has 0 radical (unpaired) electrons. The van der Waals surface area contributed by atoms with Gasteiger partial charge in [-0.05, 0) is 73.2 Å². The van der Waals surface area contributed by atoms with E-state index in [1.54, 1.807) is 18.2 Å². The quantitative estimate of drug-likeness (QED) is 0.0560. The molecule has 0 fully saturated rings. The van der Waals surface area contributed by atoms with Gasteiger partial charge in [-0.15, -0.1) is 0 Å². The first-order chi connectivity index (χ1) is 33.9. The lowest BCUT2D eigenvalue weighted by Gasteiger charge is -2.15. The molecule has 0 aromatic heterocycles. The van der Waals surface area contributed by atoms with Crippen LogP contribution in [0.15, 0.2) is 54.6 Å². The van der Waals surface area contributed by atoms with Gasteiger partial charge < -0.3 is 33.5 Å². The predicted octanol–water partition coefficient (Wildman–Crippen LogP) is 18.6. The highest BCUT2D eigenvalue weighted by Gasteiger charge is 2.13. The Morgan fingerprint density at radius 3 is 0.754 bits per heavy atom. The number of carbonyl (C=O) groups is 1. The molecule has 0 saturated carbocycles. The van der Waals surface area contributed by atoms with Crippen LogP contribution in [0.25, 0.3) is 0 Å². The van der Waals surface area contributed by atoms with E-state index in [0.29, 0.717) is 37.9 Å². The van der Waals surface area contributed by atoms with E-state index in [1.807, 2.05) is 36.4 Å². The van der Waals surface area contributed by atoms with Gasteiger partial charge in [-0.1, -0.05) is 207 Å². The topological polar surface area (TPSA) is 92.7 Å². The van der Waals surface area contributed by atoms with Gasteiger partial charge in [0.25, 0.3) is 0 Å². The second kappa shape index (κ2) is 40.6. The van der Waals surface area contributed by atoms with Crippen molar-refractivity contribution in [3.05, 3.63) is 71.3 Å². The Balaban J connectivity index is 1.66. The van der Waals surface area contributed by atoms with Gasteiger partial charge in [0.15, 0.2) is 0 Å². The Hall–Kier alpha value is -4.07. The molecule has 0 aliphatic heterocycles. The van der Waals surface area contributed by atoms with E-state index in [1.165, 1.54) is 154 Å². The zero-order valence-corrected chi connectivity index (χ0v) is 44.4. The predicted molar refractivity (Wildman–Crippen MR) is 287 cm³/mol.